The maximum Gasteiger partial charge on any atom is 0.338 e. The SMILES string of the molecule is O=C(COC(=O)c1cccc([N+](=O)[O-])c1)NCCSc1ccc(Cl)cc1. The third-order valence-electron chi connectivity index (χ3n) is 3.13. The molecule has 136 valence electrons. The summed E-state index contributed by atoms with van der Waals surface area (Å²) in [4.78, 5) is 34.6. The van der Waals surface area contributed by atoms with Gasteiger partial charge in [0.2, 0.25) is 0 Å². The zero-order valence-electron chi connectivity index (χ0n) is 13.5. The molecule has 0 saturated carbocycles. The van der Waals surface area contributed by atoms with Crippen molar-refractivity contribution < 1.29 is 19.2 Å². The van der Waals surface area contributed by atoms with Crippen LogP contribution in [-0.2, 0) is 9.53 Å². The van der Waals surface area contributed by atoms with E-state index in [9.17, 15) is 19.7 Å². The normalized spacial score (nSPS) is 10.2. The number of ether oxygens (including phenoxy) is 1. The first kappa shape index (κ1) is 19.7. The highest BCUT2D eigenvalue weighted by Crippen LogP contribution is 2.19. The Morgan fingerprint density at radius 3 is 2.62 bits per heavy atom. The van der Waals surface area contributed by atoms with Crippen LogP contribution in [0.4, 0.5) is 5.69 Å². The molecule has 7 nitrogen and oxygen atoms in total. The van der Waals surface area contributed by atoms with Gasteiger partial charge in [0.05, 0.1) is 10.5 Å². The summed E-state index contributed by atoms with van der Waals surface area (Å²) in [6.45, 7) is -0.0480. The molecule has 0 aliphatic rings. The second-order valence-corrected chi connectivity index (χ2v) is 6.64. The van der Waals surface area contributed by atoms with Crippen LogP contribution in [0.2, 0.25) is 5.02 Å². The Hall–Kier alpha value is -2.58. The van der Waals surface area contributed by atoms with Crippen molar-refractivity contribution >= 4 is 40.9 Å². The molecule has 0 radical (unpaired) electrons. The lowest BCUT2D eigenvalue weighted by molar-refractivity contribution is -0.384. The van der Waals surface area contributed by atoms with Gasteiger partial charge in [-0.1, -0.05) is 17.7 Å². The molecule has 26 heavy (non-hydrogen) atoms. The van der Waals surface area contributed by atoms with Crippen LogP contribution in [0.25, 0.3) is 0 Å². The zero-order chi connectivity index (χ0) is 18.9. The Kier molecular flexibility index (Phi) is 7.43. The molecule has 0 saturated heterocycles. The summed E-state index contributed by atoms with van der Waals surface area (Å²) >= 11 is 7.35. The zero-order valence-corrected chi connectivity index (χ0v) is 15.1. The molecular formula is C17H15ClN2O5S. The number of esters is 1. The van der Waals surface area contributed by atoms with E-state index in [1.807, 2.05) is 12.1 Å². The fourth-order valence-electron chi connectivity index (χ4n) is 1.90. The summed E-state index contributed by atoms with van der Waals surface area (Å²) in [7, 11) is 0. The van der Waals surface area contributed by atoms with Gasteiger partial charge in [0.25, 0.3) is 11.6 Å². The van der Waals surface area contributed by atoms with Gasteiger partial charge in [-0.3, -0.25) is 14.9 Å². The quantitative estimate of drug-likeness (QED) is 0.242. The molecule has 2 rings (SSSR count). The van der Waals surface area contributed by atoms with Crippen LogP contribution in [0.5, 0.6) is 0 Å². The minimum Gasteiger partial charge on any atom is -0.452 e. The summed E-state index contributed by atoms with van der Waals surface area (Å²) in [6.07, 6.45) is 0. The number of nitrogens with one attached hydrogen (secondary N) is 1. The van der Waals surface area contributed by atoms with Gasteiger partial charge in [-0.05, 0) is 30.3 Å². The largest absolute Gasteiger partial charge is 0.452 e. The first-order valence-corrected chi connectivity index (χ1v) is 8.88. The Morgan fingerprint density at radius 1 is 1.19 bits per heavy atom. The van der Waals surface area contributed by atoms with E-state index in [1.165, 1.54) is 18.2 Å². The number of non-ortho nitro benzene ring substituents is 1. The third-order valence-corrected chi connectivity index (χ3v) is 4.40. The molecule has 0 atom stereocenters. The minimum absolute atomic E-state index is 0.0188. The second-order valence-electron chi connectivity index (χ2n) is 5.04. The van der Waals surface area contributed by atoms with E-state index in [2.05, 4.69) is 5.32 Å². The Morgan fingerprint density at radius 2 is 1.92 bits per heavy atom. The van der Waals surface area contributed by atoms with E-state index in [-0.39, 0.29) is 11.3 Å². The van der Waals surface area contributed by atoms with E-state index in [4.69, 9.17) is 16.3 Å². The predicted octanol–water partition coefficient (Wildman–Crippen LogP) is 3.31. The molecule has 0 aromatic heterocycles. The number of nitro groups is 1. The van der Waals surface area contributed by atoms with Crippen molar-refractivity contribution in [2.75, 3.05) is 18.9 Å². The predicted molar refractivity (Wildman–Crippen MR) is 98.6 cm³/mol. The lowest BCUT2D eigenvalue weighted by Gasteiger charge is -2.07. The Balaban J connectivity index is 1.69. The maximum atomic E-state index is 11.8. The molecule has 0 unspecified atom stereocenters. The molecule has 2 aromatic rings. The standard InChI is InChI=1S/C17H15ClN2O5S/c18-13-4-6-15(7-5-13)26-9-8-19-16(21)11-25-17(22)12-2-1-3-14(10-12)20(23)24/h1-7,10H,8-9,11H2,(H,19,21). The highest BCUT2D eigenvalue weighted by atomic mass is 35.5. The van der Waals surface area contributed by atoms with Crippen LogP contribution < -0.4 is 5.32 Å². The summed E-state index contributed by atoms with van der Waals surface area (Å²) in [5.74, 6) is -0.591. The second kappa shape index (κ2) is 9.79. The third kappa shape index (κ3) is 6.38. The number of halogens is 1. The topological polar surface area (TPSA) is 98.5 Å². The van der Waals surface area contributed by atoms with Gasteiger partial charge >= 0.3 is 5.97 Å². The van der Waals surface area contributed by atoms with Crippen molar-refractivity contribution in [1.82, 2.24) is 5.32 Å². The van der Waals surface area contributed by atoms with Gasteiger partial charge in [0.15, 0.2) is 6.61 Å². The number of nitro benzene ring substituents is 1. The number of carbonyl (C=O) groups excluding carboxylic acids is 2. The molecule has 1 N–H and O–H groups in total. The van der Waals surface area contributed by atoms with Crippen LogP contribution in [0.1, 0.15) is 10.4 Å². The van der Waals surface area contributed by atoms with Crippen LogP contribution in [0.3, 0.4) is 0 Å². The van der Waals surface area contributed by atoms with E-state index in [0.717, 1.165) is 11.0 Å². The fourth-order valence-corrected chi connectivity index (χ4v) is 2.80. The fraction of sp³-hybridized carbons (Fsp3) is 0.176. The summed E-state index contributed by atoms with van der Waals surface area (Å²) in [5.41, 5.74) is -0.201. The van der Waals surface area contributed by atoms with Gasteiger partial charge < -0.3 is 10.1 Å². The molecule has 2 aromatic carbocycles. The average Bonchev–Trinajstić information content (AvgIpc) is 2.64. The number of rotatable bonds is 8. The van der Waals surface area contributed by atoms with Crippen LogP contribution in [0.15, 0.2) is 53.4 Å². The van der Waals surface area contributed by atoms with E-state index >= 15 is 0 Å². The summed E-state index contributed by atoms with van der Waals surface area (Å²) in [6, 6.07) is 12.5. The van der Waals surface area contributed by atoms with Crippen LogP contribution in [-0.4, -0.2) is 35.7 Å². The summed E-state index contributed by atoms with van der Waals surface area (Å²) < 4.78 is 4.86. The Labute approximate surface area is 158 Å². The molecule has 0 fully saturated rings. The molecule has 0 heterocycles. The lowest BCUT2D eigenvalue weighted by atomic mass is 10.2. The lowest BCUT2D eigenvalue weighted by Crippen LogP contribution is -2.30. The van der Waals surface area contributed by atoms with Crippen molar-refractivity contribution in [1.29, 1.82) is 0 Å². The highest BCUT2D eigenvalue weighted by molar-refractivity contribution is 7.99. The van der Waals surface area contributed by atoms with Crippen LogP contribution >= 0.6 is 23.4 Å². The number of hydrogen-bond donors (Lipinski definition) is 1. The maximum absolute atomic E-state index is 11.8. The van der Waals surface area contributed by atoms with E-state index < -0.39 is 23.4 Å². The van der Waals surface area contributed by atoms with Gasteiger partial charge in [-0.2, -0.15) is 0 Å². The highest BCUT2D eigenvalue weighted by Gasteiger charge is 2.14. The molecular weight excluding hydrogens is 380 g/mol. The van der Waals surface area contributed by atoms with Crippen molar-refractivity contribution in [3.63, 3.8) is 0 Å². The van der Waals surface area contributed by atoms with E-state index in [1.54, 1.807) is 23.9 Å². The van der Waals surface area contributed by atoms with Gasteiger partial charge in [-0.25, -0.2) is 4.79 Å². The average molecular weight is 395 g/mol. The smallest absolute Gasteiger partial charge is 0.338 e. The van der Waals surface area contributed by atoms with Crippen LogP contribution in [0, 0.1) is 10.1 Å². The van der Waals surface area contributed by atoms with Crippen molar-refractivity contribution in [3.8, 4) is 0 Å². The first-order valence-electron chi connectivity index (χ1n) is 7.52. The molecule has 1 amide bonds. The van der Waals surface area contributed by atoms with Gasteiger partial charge in [0.1, 0.15) is 0 Å². The number of thioether (sulfide) groups is 1. The Bertz CT molecular complexity index is 798. The van der Waals surface area contributed by atoms with Gasteiger partial charge in [0, 0.05) is 34.3 Å². The summed E-state index contributed by atoms with van der Waals surface area (Å²) in [5, 5.41) is 14.0. The molecule has 0 aliphatic heterocycles. The van der Waals surface area contributed by atoms with Crippen molar-refractivity contribution in [2.45, 2.75) is 4.90 Å². The number of nitrogens with zero attached hydrogens (tertiary/aromatic N) is 1. The monoisotopic (exact) mass is 394 g/mol. The van der Waals surface area contributed by atoms with Crippen molar-refractivity contribution in [2.24, 2.45) is 0 Å². The molecule has 0 aliphatic carbocycles. The number of carbonyl (C=O) groups is 2. The minimum atomic E-state index is -0.792. The first-order chi connectivity index (χ1) is 12.5. The molecule has 0 bridgehead atoms. The number of amides is 1. The van der Waals surface area contributed by atoms with Gasteiger partial charge in [-0.15, -0.1) is 11.8 Å². The van der Waals surface area contributed by atoms with E-state index in [0.29, 0.717) is 17.3 Å². The molecule has 0 spiro atoms. The van der Waals surface area contributed by atoms with Crippen molar-refractivity contribution in [3.05, 3.63) is 69.2 Å². The number of hydrogen-bond acceptors (Lipinski definition) is 6. The number of benzene rings is 2. The molecule has 9 heteroatoms.